The van der Waals surface area contributed by atoms with Crippen molar-refractivity contribution in [3.05, 3.63) is 0 Å². The molecule has 0 saturated heterocycles. The minimum Gasteiger partial charge on any atom is -0.300 e. The van der Waals surface area contributed by atoms with Gasteiger partial charge in [0.25, 0.3) is 0 Å². The Hall–Kier alpha value is 0.440. The molecule has 0 saturated carbocycles. The van der Waals surface area contributed by atoms with Gasteiger partial charge in [-0.3, -0.25) is 0 Å². The Balaban J connectivity index is 4.05. The highest BCUT2D eigenvalue weighted by atomic mass is 79.9. The quantitative estimate of drug-likeness (QED) is 0.598. The molecule has 0 rings (SSSR count). The smallest absolute Gasteiger partial charge is 0.0247 e. The van der Waals surface area contributed by atoms with Gasteiger partial charge in [-0.05, 0) is 33.2 Å². The number of hydrogen-bond donors (Lipinski definition) is 0. The Morgan fingerprint density at radius 2 is 1.87 bits per heavy atom. The maximum absolute atomic E-state index is 3.59. The first-order chi connectivity index (χ1) is 6.97. The van der Waals surface area contributed by atoms with Gasteiger partial charge in [-0.1, -0.05) is 49.0 Å². The lowest BCUT2D eigenvalue weighted by Crippen LogP contribution is -2.44. The lowest BCUT2D eigenvalue weighted by Gasteiger charge is -2.36. The third-order valence-corrected chi connectivity index (χ3v) is 4.81. The molecule has 0 aromatic rings. The van der Waals surface area contributed by atoms with Crippen LogP contribution in [0.25, 0.3) is 0 Å². The van der Waals surface area contributed by atoms with Crippen molar-refractivity contribution in [3.63, 3.8) is 0 Å². The number of rotatable bonds is 8. The lowest BCUT2D eigenvalue weighted by atomic mass is 9.96. The molecule has 2 heteroatoms. The first-order valence-corrected chi connectivity index (χ1v) is 7.37. The topological polar surface area (TPSA) is 3.24 Å². The molecule has 1 unspecified atom stereocenters. The van der Waals surface area contributed by atoms with Crippen LogP contribution >= 0.6 is 15.9 Å². The zero-order valence-corrected chi connectivity index (χ0v) is 12.7. The van der Waals surface area contributed by atoms with Crippen molar-refractivity contribution >= 4 is 15.9 Å². The maximum Gasteiger partial charge on any atom is 0.0247 e. The molecule has 1 nitrogen and oxygen atoms in total. The van der Waals surface area contributed by atoms with Crippen molar-refractivity contribution in [3.8, 4) is 0 Å². The van der Waals surface area contributed by atoms with Crippen LogP contribution in [0.15, 0.2) is 0 Å². The molecule has 0 heterocycles. The normalized spacial score (nSPS) is 14.6. The minimum atomic E-state index is 0.277. The highest BCUT2D eigenvalue weighted by Crippen LogP contribution is 2.20. The molecule has 0 N–H and O–H groups in total. The van der Waals surface area contributed by atoms with Crippen molar-refractivity contribution in [2.75, 3.05) is 18.9 Å². The second-order valence-electron chi connectivity index (χ2n) is 5.24. The van der Waals surface area contributed by atoms with Crippen molar-refractivity contribution in [1.29, 1.82) is 0 Å². The highest BCUT2D eigenvalue weighted by Gasteiger charge is 2.23. The van der Waals surface area contributed by atoms with Gasteiger partial charge in [-0.15, -0.1) is 0 Å². The summed E-state index contributed by atoms with van der Waals surface area (Å²) in [6, 6.07) is 0. The largest absolute Gasteiger partial charge is 0.300 e. The first kappa shape index (κ1) is 15.4. The Kier molecular flexibility index (Phi) is 7.90. The van der Waals surface area contributed by atoms with Gasteiger partial charge in [0.2, 0.25) is 0 Å². The zero-order valence-electron chi connectivity index (χ0n) is 11.1. The average Bonchev–Trinajstić information content (AvgIpc) is 2.23. The van der Waals surface area contributed by atoms with Crippen molar-refractivity contribution in [2.45, 2.75) is 58.9 Å². The number of nitrogens with zero attached hydrogens (tertiary/aromatic N) is 1. The van der Waals surface area contributed by atoms with Crippen molar-refractivity contribution < 1.29 is 0 Å². The maximum atomic E-state index is 3.59. The third-order valence-electron chi connectivity index (χ3n) is 3.44. The molecule has 1 atom stereocenters. The fourth-order valence-corrected chi connectivity index (χ4v) is 2.08. The Bertz CT molecular complexity index is 157. The van der Waals surface area contributed by atoms with Gasteiger partial charge in [-0.25, -0.2) is 0 Å². The summed E-state index contributed by atoms with van der Waals surface area (Å²) >= 11 is 3.59. The zero-order chi connectivity index (χ0) is 11.9. The van der Waals surface area contributed by atoms with Gasteiger partial charge < -0.3 is 4.90 Å². The number of hydrogen-bond acceptors (Lipinski definition) is 1. The van der Waals surface area contributed by atoms with Gasteiger partial charge in [-0.2, -0.15) is 0 Å². The predicted octanol–water partition coefficient (Wildman–Crippen LogP) is 4.31. The summed E-state index contributed by atoms with van der Waals surface area (Å²) in [5.74, 6) is 0.869. The van der Waals surface area contributed by atoms with Crippen LogP contribution in [0.3, 0.4) is 0 Å². The summed E-state index contributed by atoms with van der Waals surface area (Å²) in [4.78, 5) is 2.49. The first-order valence-electron chi connectivity index (χ1n) is 6.25. The van der Waals surface area contributed by atoms with Gasteiger partial charge in [0, 0.05) is 17.4 Å². The Morgan fingerprint density at radius 1 is 1.27 bits per heavy atom. The van der Waals surface area contributed by atoms with Gasteiger partial charge in [0.1, 0.15) is 0 Å². The fraction of sp³-hybridized carbons (Fsp3) is 1.00. The minimum absolute atomic E-state index is 0.277. The Labute approximate surface area is 105 Å². The van der Waals surface area contributed by atoms with Crippen LogP contribution in [0.4, 0.5) is 0 Å². The number of halogens is 1. The van der Waals surface area contributed by atoms with Crippen LogP contribution in [0.5, 0.6) is 0 Å². The number of alkyl halides is 1. The molecule has 0 aromatic heterocycles. The summed E-state index contributed by atoms with van der Waals surface area (Å²) in [5.41, 5.74) is 0.277. The van der Waals surface area contributed by atoms with Crippen molar-refractivity contribution in [2.24, 2.45) is 5.92 Å². The number of unbranched alkanes of at least 4 members (excludes halogenated alkanes) is 1. The molecule has 0 aliphatic carbocycles. The van der Waals surface area contributed by atoms with E-state index in [0.29, 0.717) is 0 Å². The van der Waals surface area contributed by atoms with E-state index >= 15 is 0 Å². The molecule has 0 spiro atoms. The Morgan fingerprint density at radius 3 is 2.27 bits per heavy atom. The second-order valence-corrected chi connectivity index (χ2v) is 5.80. The fourth-order valence-electron chi connectivity index (χ4n) is 1.65. The second kappa shape index (κ2) is 7.67. The van der Waals surface area contributed by atoms with E-state index in [9.17, 15) is 0 Å². The van der Waals surface area contributed by atoms with E-state index in [1.54, 1.807) is 0 Å². The average molecular weight is 278 g/mol. The molecule has 0 amide bonds. The molecule has 0 aliphatic rings. The molecule has 0 radical (unpaired) electrons. The van der Waals surface area contributed by atoms with Gasteiger partial charge >= 0.3 is 0 Å². The van der Waals surface area contributed by atoms with Gasteiger partial charge in [0.15, 0.2) is 0 Å². The predicted molar refractivity (Wildman–Crippen MR) is 73.8 cm³/mol. The van der Waals surface area contributed by atoms with E-state index < -0.39 is 0 Å². The third kappa shape index (κ3) is 5.91. The summed E-state index contributed by atoms with van der Waals surface area (Å²) in [6.07, 6.45) is 5.39. The summed E-state index contributed by atoms with van der Waals surface area (Å²) in [5, 5.41) is 1.04. The lowest BCUT2D eigenvalue weighted by molar-refractivity contribution is 0.148. The van der Waals surface area contributed by atoms with Crippen LogP contribution in [0.2, 0.25) is 0 Å². The van der Waals surface area contributed by atoms with E-state index in [1.165, 1.54) is 32.2 Å². The van der Waals surface area contributed by atoms with E-state index in [1.807, 2.05) is 0 Å². The SMILES string of the molecule is CCCCC(CC)CN(C)C(C)(C)CBr. The standard InChI is InChI=1S/C13H28BrN/c1-6-8-9-12(7-2)10-15(5)13(3,4)11-14/h12H,6-11H2,1-5H3. The molecule has 0 aromatic carbocycles. The van der Waals surface area contributed by atoms with E-state index in [-0.39, 0.29) is 5.54 Å². The molecule has 0 fully saturated rings. The van der Waals surface area contributed by atoms with Crippen LogP contribution in [-0.4, -0.2) is 29.4 Å². The van der Waals surface area contributed by atoms with E-state index in [0.717, 1.165) is 11.2 Å². The molecule has 15 heavy (non-hydrogen) atoms. The van der Waals surface area contributed by atoms with Crippen LogP contribution in [-0.2, 0) is 0 Å². The van der Waals surface area contributed by atoms with Crippen LogP contribution in [0.1, 0.15) is 53.4 Å². The van der Waals surface area contributed by atoms with Gasteiger partial charge in [0.05, 0.1) is 0 Å². The summed E-state index contributed by atoms with van der Waals surface area (Å²) in [6.45, 7) is 10.4. The molecule has 0 bridgehead atoms. The van der Waals surface area contributed by atoms with Crippen molar-refractivity contribution in [1.82, 2.24) is 4.90 Å². The molecular formula is C13H28BrN. The highest BCUT2D eigenvalue weighted by molar-refractivity contribution is 9.09. The van der Waals surface area contributed by atoms with Crippen LogP contribution < -0.4 is 0 Å². The monoisotopic (exact) mass is 277 g/mol. The molecule has 0 aliphatic heterocycles. The van der Waals surface area contributed by atoms with E-state index in [2.05, 4.69) is 55.6 Å². The molecular weight excluding hydrogens is 250 g/mol. The molecule has 92 valence electrons. The summed E-state index contributed by atoms with van der Waals surface area (Å²) < 4.78 is 0. The van der Waals surface area contributed by atoms with Crippen LogP contribution in [0, 0.1) is 5.92 Å². The van der Waals surface area contributed by atoms with E-state index in [4.69, 9.17) is 0 Å². The summed E-state index contributed by atoms with van der Waals surface area (Å²) in [7, 11) is 2.25.